The van der Waals surface area contributed by atoms with Crippen LogP contribution in [0.2, 0.25) is 0 Å². The number of carbonyl (C=O) groups excluding carboxylic acids is 2. The average Bonchev–Trinajstić information content (AvgIpc) is 3.32. The van der Waals surface area contributed by atoms with Crippen LogP contribution in [0.4, 0.5) is 0 Å². The van der Waals surface area contributed by atoms with Gasteiger partial charge in [-0.3, -0.25) is 4.79 Å². The third-order valence-corrected chi connectivity index (χ3v) is 7.08. The molecule has 4 rings (SSSR count). The second kappa shape index (κ2) is 13.9. The van der Waals surface area contributed by atoms with Crippen molar-refractivity contribution < 1.29 is 19.4 Å². The third-order valence-electron chi connectivity index (χ3n) is 7.08. The lowest BCUT2D eigenvalue weighted by molar-refractivity contribution is -0.120. The van der Waals surface area contributed by atoms with Crippen molar-refractivity contribution in [1.29, 1.82) is 0 Å². The Morgan fingerprint density at radius 2 is 1.66 bits per heavy atom. The maximum Gasteiger partial charge on any atom is 0.337 e. The van der Waals surface area contributed by atoms with Crippen LogP contribution in [-0.4, -0.2) is 46.2 Å². The van der Waals surface area contributed by atoms with Gasteiger partial charge in [0.2, 0.25) is 5.91 Å². The molecule has 0 spiro atoms. The highest BCUT2D eigenvalue weighted by molar-refractivity contribution is 5.89. The number of rotatable bonds is 12. The van der Waals surface area contributed by atoms with Crippen LogP contribution in [0.25, 0.3) is 5.82 Å². The number of benzene rings is 2. The van der Waals surface area contributed by atoms with Crippen LogP contribution in [-0.2, 0) is 28.9 Å². The van der Waals surface area contributed by atoms with E-state index in [1.807, 2.05) is 50.2 Å². The molecule has 8 heteroatoms. The fourth-order valence-electron chi connectivity index (χ4n) is 4.80. The zero-order valence-corrected chi connectivity index (χ0v) is 24.1. The molecule has 214 valence electrons. The quantitative estimate of drug-likeness (QED) is 0.224. The summed E-state index contributed by atoms with van der Waals surface area (Å²) in [6, 6.07) is 23.1. The standard InChI is InChI=1S/C33H38N4O4/c1-22(34-21-30(38)29-14-15-31(35-20-29)37-23(2)8-9-24(37)3)16-26-6-5-7-27(17-26)18-32(39)36-19-25-10-12-28(13-11-25)33(40)41-4/h5-15,17,20,22,30,34,38H,16,18-19,21H2,1-4H3,(H,36,39). The summed E-state index contributed by atoms with van der Waals surface area (Å²) in [5, 5.41) is 17.1. The monoisotopic (exact) mass is 554 g/mol. The molecule has 2 atom stereocenters. The van der Waals surface area contributed by atoms with Crippen LogP contribution in [0.15, 0.2) is 79.0 Å². The Balaban J connectivity index is 1.23. The highest BCUT2D eigenvalue weighted by Crippen LogP contribution is 2.18. The Labute approximate surface area is 241 Å². The second-order valence-corrected chi connectivity index (χ2v) is 10.4. The van der Waals surface area contributed by atoms with Gasteiger partial charge in [-0.2, -0.15) is 0 Å². The topological polar surface area (TPSA) is 105 Å². The van der Waals surface area contributed by atoms with E-state index < -0.39 is 6.10 Å². The van der Waals surface area contributed by atoms with E-state index in [0.29, 0.717) is 18.7 Å². The van der Waals surface area contributed by atoms with Crippen molar-refractivity contribution in [3.8, 4) is 5.82 Å². The van der Waals surface area contributed by atoms with Gasteiger partial charge >= 0.3 is 5.97 Å². The van der Waals surface area contributed by atoms with Gasteiger partial charge in [0.25, 0.3) is 0 Å². The molecule has 1 amide bonds. The Morgan fingerprint density at radius 1 is 0.951 bits per heavy atom. The number of esters is 1. The molecule has 41 heavy (non-hydrogen) atoms. The minimum atomic E-state index is -0.669. The molecule has 2 unspecified atom stereocenters. The van der Waals surface area contributed by atoms with Crippen LogP contribution in [0.3, 0.4) is 0 Å². The molecule has 0 saturated carbocycles. The minimum Gasteiger partial charge on any atom is -0.465 e. The number of aliphatic hydroxyl groups is 1. The largest absolute Gasteiger partial charge is 0.465 e. The van der Waals surface area contributed by atoms with Gasteiger partial charge in [0.05, 0.1) is 25.2 Å². The van der Waals surface area contributed by atoms with Crippen LogP contribution in [0, 0.1) is 13.8 Å². The Kier molecular flexibility index (Phi) is 10.1. The van der Waals surface area contributed by atoms with Crippen LogP contribution >= 0.6 is 0 Å². The first-order valence-corrected chi connectivity index (χ1v) is 13.8. The normalized spacial score (nSPS) is 12.5. The van der Waals surface area contributed by atoms with E-state index in [1.54, 1.807) is 30.5 Å². The van der Waals surface area contributed by atoms with Crippen molar-refractivity contribution in [1.82, 2.24) is 20.2 Å². The third kappa shape index (κ3) is 8.13. The van der Waals surface area contributed by atoms with Gasteiger partial charge in [-0.15, -0.1) is 0 Å². The second-order valence-electron chi connectivity index (χ2n) is 10.4. The zero-order chi connectivity index (χ0) is 29.4. The van der Waals surface area contributed by atoms with Gasteiger partial charge in [-0.05, 0) is 74.2 Å². The van der Waals surface area contributed by atoms with E-state index in [9.17, 15) is 14.7 Å². The van der Waals surface area contributed by atoms with Gasteiger partial charge < -0.3 is 25.0 Å². The van der Waals surface area contributed by atoms with Crippen molar-refractivity contribution in [3.05, 3.63) is 118 Å². The first kappa shape index (κ1) is 29.7. The number of aryl methyl sites for hydroxylation is 2. The lowest BCUT2D eigenvalue weighted by Crippen LogP contribution is -2.32. The smallest absolute Gasteiger partial charge is 0.337 e. The highest BCUT2D eigenvalue weighted by Gasteiger charge is 2.13. The molecule has 2 heterocycles. The van der Waals surface area contributed by atoms with E-state index in [0.717, 1.165) is 45.9 Å². The number of amides is 1. The van der Waals surface area contributed by atoms with Gasteiger partial charge in [0, 0.05) is 42.3 Å². The van der Waals surface area contributed by atoms with Crippen molar-refractivity contribution in [2.75, 3.05) is 13.7 Å². The summed E-state index contributed by atoms with van der Waals surface area (Å²) in [7, 11) is 1.35. The predicted molar refractivity (Wildman–Crippen MR) is 159 cm³/mol. The summed E-state index contributed by atoms with van der Waals surface area (Å²) >= 11 is 0. The van der Waals surface area contributed by atoms with Crippen LogP contribution < -0.4 is 10.6 Å². The number of pyridine rings is 1. The van der Waals surface area contributed by atoms with E-state index in [-0.39, 0.29) is 24.3 Å². The number of nitrogens with one attached hydrogen (secondary N) is 2. The number of carbonyl (C=O) groups is 2. The molecule has 8 nitrogen and oxygen atoms in total. The molecule has 0 aliphatic carbocycles. The molecular formula is C33H38N4O4. The van der Waals surface area contributed by atoms with Crippen molar-refractivity contribution in [2.45, 2.75) is 52.3 Å². The molecule has 0 radical (unpaired) electrons. The summed E-state index contributed by atoms with van der Waals surface area (Å²) in [6.07, 6.45) is 2.10. The van der Waals surface area contributed by atoms with E-state index in [2.05, 4.69) is 39.2 Å². The molecule has 0 fully saturated rings. The zero-order valence-electron chi connectivity index (χ0n) is 24.1. The van der Waals surface area contributed by atoms with Crippen molar-refractivity contribution >= 4 is 11.9 Å². The summed E-state index contributed by atoms with van der Waals surface area (Å²) in [6.45, 7) is 6.96. The summed E-state index contributed by atoms with van der Waals surface area (Å²) in [5.74, 6) is 0.377. The van der Waals surface area contributed by atoms with E-state index >= 15 is 0 Å². The molecule has 2 aromatic heterocycles. The maximum atomic E-state index is 12.5. The van der Waals surface area contributed by atoms with Crippen molar-refractivity contribution in [2.24, 2.45) is 0 Å². The highest BCUT2D eigenvalue weighted by atomic mass is 16.5. The maximum absolute atomic E-state index is 12.5. The first-order valence-electron chi connectivity index (χ1n) is 13.8. The minimum absolute atomic E-state index is 0.0739. The lowest BCUT2D eigenvalue weighted by atomic mass is 10.0. The fraction of sp³-hybridized carbons (Fsp3) is 0.303. The van der Waals surface area contributed by atoms with E-state index in [4.69, 9.17) is 4.74 Å². The first-order chi connectivity index (χ1) is 19.7. The number of hydrogen-bond acceptors (Lipinski definition) is 6. The number of aliphatic hydroxyl groups excluding tert-OH is 1. The van der Waals surface area contributed by atoms with Crippen LogP contribution in [0.1, 0.15) is 57.0 Å². The fourth-order valence-corrected chi connectivity index (χ4v) is 4.80. The van der Waals surface area contributed by atoms with Gasteiger partial charge in [-0.1, -0.05) is 42.5 Å². The molecule has 0 bridgehead atoms. The predicted octanol–water partition coefficient (Wildman–Crippen LogP) is 4.39. The number of ether oxygens (including phenoxy) is 1. The van der Waals surface area contributed by atoms with Gasteiger partial charge in [-0.25, -0.2) is 9.78 Å². The van der Waals surface area contributed by atoms with Gasteiger partial charge in [0.1, 0.15) is 5.82 Å². The SMILES string of the molecule is COC(=O)c1ccc(CNC(=O)Cc2cccc(CC(C)NCC(O)c3ccc(-n4c(C)ccc4C)nc3)c2)cc1. The summed E-state index contributed by atoms with van der Waals surface area (Å²) in [5.41, 5.74) is 6.43. The van der Waals surface area contributed by atoms with Crippen molar-refractivity contribution in [3.63, 3.8) is 0 Å². The number of nitrogens with zero attached hydrogens (tertiary/aromatic N) is 2. The molecule has 0 aliphatic rings. The molecule has 3 N–H and O–H groups in total. The lowest BCUT2D eigenvalue weighted by Gasteiger charge is -2.18. The molecule has 4 aromatic rings. The molecule has 0 saturated heterocycles. The summed E-state index contributed by atoms with van der Waals surface area (Å²) in [4.78, 5) is 28.7. The molecular weight excluding hydrogens is 516 g/mol. The van der Waals surface area contributed by atoms with E-state index in [1.165, 1.54) is 7.11 Å². The number of aromatic nitrogens is 2. The number of methoxy groups -OCH3 is 1. The summed E-state index contributed by atoms with van der Waals surface area (Å²) < 4.78 is 6.79. The average molecular weight is 555 g/mol. The molecule has 0 aliphatic heterocycles. The number of hydrogen-bond donors (Lipinski definition) is 3. The Morgan fingerprint density at radius 3 is 2.32 bits per heavy atom. The molecule has 2 aromatic carbocycles. The van der Waals surface area contributed by atoms with Gasteiger partial charge in [0.15, 0.2) is 0 Å². The van der Waals surface area contributed by atoms with Crippen LogP contribution in [0.5, 0.6) is 0 Å². The Bertz CT molecular complexity index is 1440. The Hall–Kier alpha value is -4.27.